The van der Waals surface area contributed by atoms with Crippen molar-refractivity contribution in [3.63, 3.8) is 0 Å². The van der Waals surface area contributed by atoms with E-state index in [1.165, 1.54) is 30.5 Å². The van der Waals surface area contributed by atoms with E-state index in [-0.39, 0.29) is 27.5 Å². The molecule has 0 amide bonds. The molecular formula is C25H26N6O4S2. The predicted octanol–water partition coefficient (Wildman–Crippen LogP) is 4.37. The second-order valence-corrected chi connectivity index (χ2v) is 12.2. The topological polar surface area (TPSA) is 136 Å². The molecule has 0 bridgehead atoms. The van der Waals surface area contributed by atoms with E-state index in [1.807, 2.05) is 30.3 Å². The summed E-state index contributed by atoms with van der Waals surface area (Å²) in [5.41, 5.74) is 1.91. The first-order chi connectivity index (χ1) is 17.7. The molecule has 0 aliphatic heterocycles. The van der Waals surface area contributed by atoms with Crippen LogP contribution in [-0.2, 0) is 20.0 Å². The molecule has 2 N–H and O–H groups in total. The Morgan fingerprint density at radius 3 is 2.24 bits per heavy atom. The van der Waals surface area contributed by atoms with Gasteiger partial charge in [0.15, 0.2) is 0 Å². The van der Waals surface area contributed by atoms with Crippen molar-refractivity contribution in [3.8, 4) is 11.3 Å². The fourth-order valence-electron chi connectivity index (χ4n) is 4.31. The lowest BCUT2D eigenvalue weighted by Crippen LogP contribution is -2.16. The molecule has 10 nitrogen and oxygen atoms in total. The Bertz CT molecular complexity index is 1610. The number of benzene rings is 2. The molecule has 37 heavy (non-hydrogen) atoms. The van der Waals surface area contributed by atoms with Crippen molar-refractivity contribution < 1.29 is 16.8 Å². The van der Waals surface area contributed by atoms with Crippen LogP contribution in [0.15, 0.2) is 82.8 Å². The quantitative estimate of drug-likeness (QED) is 0.340. The third-order valence-corrected chi connectivity index (χ3v) is 8.90. The van der Waals surface area contributed by atoms with Crippen molar-refractivity contribution in [1.82, 2.24) is 19.7 Å². The zero-order valence-electron chi connectivity index (χ0n) is 20.1. The van der Waals surface area contributed by atoms with Gasteiger partial charge in [-0.3, -0.25) is 9.40 Å². The standard InChI is InChI=1S/C25H26N6O4S2/c1-18-15-16-26-25(27-18)30-36(32,33)22-13-11-20(12-14-22)29-37(34,35)23-17-31(21-9-5-6-10-21)28-24(23)19-7-3-2-4-8-19/h2-4,7-8,11-17,21,29H,5-6,9-10H2,1H3,(H,26,27,30). The summed E-state index contributed by atoms with van der Waals surface area (Å²) < 4.78 is 59.0. The molecule has 192 valence electrons. The van der Waals surface area contributed by atoms with Gasteiger partial charge in [-0.15, -0.1) is 0 Å². The minimum absolute atomic E-state index is 0.0440. The second kappa shape index (κ2) is 9.94. The molecule has 1 aliphatic carbocycles. The predicted molar refractivity (Wildman–Crippen MR) is 140 cm³/mol. The average molecular weight is 539 g/mol. The van der Waals surface area contributed by atoms with Gasteiger partial charge in [0.1, 0.15) is 10.6 Å². The Balaban J connectivity index is 1.41. The minimum Gasteiger partial charge on any atom is -0.280 e. The van der Waals surface area contributed by atoms with E-state index in [1.54, 1.807) is 23.9 Å². The number of anilines is 2. The fraction of sp³-hybridized carbons (Fsp3) is 0.240. The number of rotatable bonds is 8. The van der Waals surface area contributed by atoms with Gasteiger partial charge < -0.3 is 0 Å². The molecule has 1 fully saturated rings. The van der Waals surface area contributed by atoms with Crippen LogP contribution >= 0.6 is 0 Å². The number of nitrogens with one attached hydrogen (secondary N) is 2. The Hall–Kier alpha value is -3.77. The fourth-order valence-corrected chi connectivity index (χ4v) is 6.48. The molecule has 1 saturated carbocycles. The van der Waals surface area contributed by atoms with Crippen LogP contribution in [0.2, 0.25) is 0 Å². The molecule has 2 aromatic heterocycles. The lowest BCUT2D eigenvalue weighted by molar-refractivity contribution is 0.467. The summed E-state index contributed by atoms with van der Waals surface area (Å²) in [6, 6.07) is 16.4. The van der Waals surface area contributed by atoms with Crippen LogP contribution in [-0.4, -0.2) is 36.6 Å². The zero-order chi connectivity index (χ0) is 26.0. The van der Waals surface area contributed by atoms with Crippen molar-refractivity contribution in [1.29, 1.82) is 0 Å². The summed E-state index contributed by atoms with van der Waals surface area (Å²) in [7, 11) is -7.98. The normalized spacial score (nSPS) is 14.5. The summed E-state index contributed by atoms with van der Waals surface area (Å²) in [5, 5.41) is 4.66. The maximum absolute atomic E-state index is 13.5. The van der Waals surface area contributed by atoms with Crippen molar-refractivity contribution in [3.05, 3.63) is 78.8 Å². The van der Waals surface area contributed by atoms with Gasteiger partial charge in [-0.25, -0.2) is 31.5 Å². The summed E-state index contributed by atoms with van der Waals surface area (Å²) in [5.74, 6) is -0.0440. The highest BCUT2D eigenvalue weighted by molar-refractivity contribution is 7.93. The highest BCUT2D eigenvalue weighted by Gasteiger charge is 2.27. The van der Waals surface area contributed by atoms with Crippen molar-refractivity contribution in [2.75, 3.05) is 9.44 Å². The van der Waals surface area contributed by atoms with Crippen LogP contribution in [0.25, 0.3) is 11.3 Å². The zero-order valence-corrected chi connectivity index (χ0v) is 21.7. The Morgan fingerprint density at radius 2 is 1.57 bits per heavy atom. The number of sulfonamides is 2. The molecule has 1 aliphatic rings. The van der Waals surface area contributed by atoms with Gasteiger partial charge in [-0.05, 0) is 50.1 Å². The highest BCUT2D eigenvalue weighted by atomic mass is 32.2. The van der Waals surface area contributed by atoms with E-state index in [4.69, 9.17) is 0 Å². The average Bonchev–Trinajstić information content (AvgIpc) is 3.55. The van der Waals surface area contributed by atoms with E-state index < -0.39 is 20.0 Å². The summed E-state index contributed by atoms with van der Waals surface area (Å²) in [4.78, 5) is 7.97. The third kappa shape index (κ3) is 5.49. The molecule has 0 unspecified atom stereocenters. The SMILES string of the molecule is Cc1ccnc(NS(=O)(=O)c2ccc(NS(=O)(=O)c3cn(C4CCCC4)nc3-c3ccccc3)cc2)n1. The first-order valence-electron chi connectivity index (χ1n) is 11.8. The van der Waals surface area contributed by atoms with Crippen LogP contribution in [0.3, 0.4) is 0 Å². The lowest BCUT2D eigenvalue weighted by Gasteiger charge is -2.10. The molecule has 5 rings (SSSR count). The van der Waals surface area contributed by atoms with Crippen molar-refractivity contribution >= 4 is 31.7 Å². The second-order valence-electron chi connectivity index (χ2n) is 8.88. The van der Waals surface area contributed by atoms with E-state index >= 15 is 0 Å². The minimum atomic E-state index is -4.02. The Morgan fingerprint density at radius 1 is 0.865 bits per heavy atom. The van der Waals surface area contributed by atoms with Crippen LogP contribution in [0.4, 0.5) is 11.6 Å². The number of nitrogens with zero attached hydrogens (tertiary/aromatic N) is 4. The summed E-state index contributed by atoms with van der Waals surface area (Å²) in [6.45, 7) is 1.72. The van der Waals surface area contributed by atoms with Gasteiger partial charge in [-0.1, -0.05) is 43.2 Å². The lowest BCUT2D eigenvalue weighted by atomic mass is 10.2. The third-order valence-electron chi connectivity index (χ3n) is 6.17. The van der Waals surface area contributed by atoms with Gasteiger partial charge in [0.25, 0.3) is 20.0 Å². The maximum Gasteiger partial charge on any atom is 0.265 e. The molecule has 0 spiro atoms. The van der Waals surface area contributed by atoms with Crippen molar-refractivity contribution in [2.45, 2.75) is 48.4 Å². The van der Waals surface area contributed by atoms with Gasteiger partial charge in [0, 0.05) is 29.3 Å². The number of hydrogen-bond donors (Lipinski definition) is 2. The smallest absolute Gasteiger partial charge is 0.265 e. The molecule has 2 heterocycles. The van der Waals surface area contributed by atoms with Crippen molar-refractivity contribution in [2.24, 2.45) is 0 Å². The highest BCUT2D eigenvalue weighted by Crippen LogP contribution is 2.34. The number of aryl methyl sites for hydroxylation is 1. The molecule has 12 heteroatoms. The van der Waals surface area contributed by atoms with Crippen LogP contribution in [0.5, 0.6) is 0 Å². The van der Waals surface area contributed by atoms with Gasteiger partial charge in [0.05, 0.1) is 10.9 Å². The molecule has 0 atom stereocenters. The van der Waals surface area contributed by atoms with Gasteiger partial charge >= 0.3 is 0 Å². The molecule has 4 aromatic rings. The molecule has 2 aromatic carbocycles. The summed E-state index contributed by atoms with van der Waals surface area (Å²) in [6.07, 6.45) is 7.14. The van der Waals surface area contributed by atoms with Gasteiger partial charge in [-0.2, -0.15) is 5.10 Å². The monoisotopic (exact) mass is 538 g/mol. The molecular weight excluding hydrogens is 512 g/mol. The Labute approximate surface area is 215 Å². The first kappa shape index (κ1) is 24.9. The van der Waals surface area contributed by atoms with Gasteiger partial charge in [0.2, 0.25) is 5.95 Å². The van der Waals surface area contributed by atoms with E-state index in [9.17, 15) is 16.8 Å². The summed E-state index contributed by atoms with van der Waals surface area (Å²) >= 11 is 0. The van der Waals surface area contributed by atoms with E-state index in [0.717, 1.165) is 25.7 Å². The molecule has 0 radical (unpaired) electrons. The number of aromatic nitrogens is 4. The largest absolute Gasteiger partial charge is 0.280 e. The Kier molecular flexibility index (Phi) is 6.69. The van der Waals surface area contributed by atoms with Crippen LogP contribution < -0.4 is 9.44 Å². The maximum atomic E-state index is 13.5. The van der Waals surface area contributed by atoms with E-state index in [2.05, 4.69) is 24.5 Å². The first-order valence-corrected chi connectivity index (χ1v) is 14.8. The van der Waals surface area contributed by atoms with E-state index in [0.29, 0.717) is 17.0 Å². The molecule has 0 saturated heterocycles. The van der Waals surface area contributed by atoms with Crippen LogP contribution in [0, 0.1) is 6.92 Å². The number of hydrogen-bond acceptors (Lipinski definition) is 7. The van der Waals surface area contributed by atoms with Crippen LogP contribution in [0.1, 0.15) is 37.4 Å².